The second-order valence-corrected chi connectivity index (χ2v) is 10.1. The lowest BCUT2D eigenvalue weighted by Gasteiger charge is -2.62. The third-order valence-corrected chi connectivity index (χ3v) is 8.11. The predicted molar refractivity (Wildman–Crippen MR) is 96.1 cm³/mol. The van der Waals surface area contributed by atoms with E-state index in [9.17, 15) is 10.2 Å². The van der Waals surface area contributed by atoms with Crippen LogP contribution in [0.3, 0.4) is 0 Å². The van der Waals surface area contributed by atoms with E-state index < -0.39 is 28.3 Å². The highest BCUT2D eigenvalue weighted by Crippen LogP contribution is 2.67. The Labute approximate surface area is 151 Å². The Hall–Kier alpha value is -0.580. The molecule has 1 heterocycles. The van der Waals surface area contributed by atoms with E-state index in [0.29, 0.717) is 5.92 Å². The summed E-state index contributed by atoms with van der Waals surface area (Å²) >= 11 is 0. The van der Waals surface area contributed by atoms with Crippen LogP contribution >= 0.6 is 0 Å². The van der Waals surface area contributed by atoms with Crippen molar-refractivity contribution in [2.45, 2.75) is 96.7 Å². The zero-order valence-corrected chi connectivity index (χ0v) is 16.3. The minimum Gasteiger partial charge on any atom is -0.516 e. The molecule has 4 heteroatoms. The van der Waals surface area contributed by atoms with Gasteiger partial charge in [0.1, 0.15) is 5.60 Å². The van der Waals surface area contributed by atoms with E-state index in [4.69, 9.17) is 9.47 Å². The van der Waals surface area contributed by atoms with Crippen molar-refractivity contribution in [1.29, 1.82) is 0 Å². The van der Waals surface area contributed by atoms with E-state index in [1.807, 2.05) is 13.8 Å². The van der Waals surface area contributed by atoms with Gasteiger partial charge in [-0.1, -0.05) is 33.6 Å². The molecular formula is C21H34O4. The van der Waals surface area contributed by atoms with E-state index in [2.05, 4.69) is 20.8 Å². The smallest absolute Gasteiger partial charge is 0.164 e. The summed E-state index contributed by atoms with van der Waals surface area (Å²) in [6, 6.07) is 0. The van der Waals surface area contributed by atoms with Gasteiger partial charge in [0.15, 0.2) is 5.79 Å². The zero-order valence-electron chi connectivity index (χ0n) is 16.3. The molecule has 0 amide bonds. The summed E-state index contributed by atoms with van der Waals surface area (Å²) in [4.78, 5) is 0. The number of ether oxygens (including phenoxy) is 2. The van der Waals surface area contributed by atoms with Gasteiger partial charge in [0.25, 0.3) is 0 Å². The molecule has 6 atom stereocenters. The van der Waals surface area contributed by atoms with E-state index in [1.54, 1.807) is 0 Å². The molecule has 1 unspecified atom stereocenters. The molecule has 1 aliphatic heterocycles. The van der Waals surface area contributed by atoms with Gasteiger partial charge in [-0.05, 0) is 56.9 Å². The van der Waals surface area contributed by atoms with Crippen LogP contribution in [0.2, 0.25) is 0 Å². The van der Waals surface area contributed by atoms with Crippen LogP contribution in [0.5, 0.6) is 0 Å². The summed E-state index contributed by atoms with van der Waals surface area (Å²) in [5.41, 5.74) is -0.305. The second kappa shape index (κ2) is 5.24. The maximum absolute atomic E-state index is 11.5. The Morgan fingerprint density at radius 1 is 1.00 bits per heavy atom. The van der Waals surface area contributed by atoms with Gasteiger partial charge in [-0.3, -0.25) is 0 Å². The van der Waals surface area contributed by atoms with Crippen molar-refractivity contribution < 1.29 is 19.7 Å². The standard InChI is InChI=1S/C21H34O4/c1-18(2)15(12-22)20(5)10-11-21(18)17(24-19(3,4)25-21)14-9-7-6-8-13(14)16(20)23/h12-14,16-17,22-23H,6-11H2,1-5H3/b15-12-/t13-,14-,16?,17+,20+,21-/m1/s1. The fraction of sp³-hybridized carbons (Fsp3) is 0.905. The van der Waals surface area contributed by atoms with Crippen LogP contribution in [-0.2, 0) is 9.47 Å². The summed E-state index contributed by atoms with van der Waals surface area (Å²) in [5, 5.41) is 21.7. The van der Waals surface area contributed by atoms with Crippen molar-refractivity contribution in [2.24, 2.45) is 22.7 Å². The van der Waals surface area contributed by atoms with Gasteiger partial charge in [-0.25, -0.2) is 0 Å². The third-order valence-electron chi connectivity index (χ3n) is 8.11. The molecule has 25 heavy (non-hydrogen) atoms. The summed E-state index contributed by atoms with van der Waals surface area (Å²) in [7, 11) is 0. The number of aliphatic hydroxyl groups is 2. The lowest BCUT2D eigenvalue weighted by molar-refractivity contribution is -0.203. The number of hydrogen-bond donors (Lipinski definition) is 2. The Bertz CT molecular complexity index is 595. The lowest BCUT2D eigenvalue weighted by atomic mass is 9.45. The van der Waals surface area contributed by atoms with Gasteiger partial charge in [0, 0.05) is 10.8 Å². The molecule has 2 bridgehead atoms. The molecule has 4 aliphatic carbocycles. The maximum Gasteiger partial charge on any atom is 0.164 e. The van der Waals surface area contributed by atoms with Gasteiger partial charge in [-0.15, -0.1) is 0 Å². The number of aliphatic hydroxyl groups excluding tert-OH is 2. The van der Waals surface area contributed by atoms with Crippen molar-refractivity contribution in [2.75, 3.05) is 0 Å². The molecule has 0 aromatic heterocycles. The van der Waals surface area contributed by atoms with Crippen LogP contribution in [0, 0.1) is 22.7 Å². The van der Waals surface area contributed by atoms with E-state index in [-0.39, 0.29) is 12.0 Å². The molecule has 142 valence electrons. The average molecular weight is 350 g/mol. The second-order valence-electron chi connectivity index (χ2n) is 10.1. The lowest BCUT2D eigenvalue weighted by Crippen LogP contribution is -2.67. The fourth-order valence-electron chi connectivity index (χ4n) is 6.91. The van der Waals surface area contributed by atoms with Gasteiger partial charge < -0.3 is 19.7 Å². The summed E-state index contributed by atoms with van der Waals surface area (Å²) in [6.45, 7) is 10.5. The van der Waals surface area contributed by atoms with Crippen molar-refractivity contribution in [1.82, 2.24) is 0 Å². The Morgan fingerprint density at radius 3 is 2.28 bits per heavy atom. The minimum absolute atomic E-state index is 0.0303. The molecule has 1 saturated heterocycles. The molecule has 4 saturated carbocycles. The first kappa shape index (κ1) is 17.8. The van der Waals surface area contributed by atoms with Crippen LogP contribution in [0.25, 0.3) is 0 Å². The molecule has 0 radical (unpaired) electrons. The zero-order chi connectivity index (χ0) is 18.3. The SMILES string of the molecule is CC1(C)O[C@H]2[C@@H]3CCCC[C@H]3C(O)[C@@]3(C)CC[C@]2(O1)C(C)(C)/C3=C/O. The monoisotopic (exact) mass is 350 g/mol. The first-order valence-electron chi connectivity index (χ1n) is 10.0. The van der Waals surface area contributed by atoms with Crippen molar-refractivity contribution in [3.63, 3.8) is 0 Å². The molecule has 5 aliphatic rings. The van der Waals surface area contributed by atoms with Gasteiger partial charge in [0.05, 0.1) is 18.5 Å². The highest BCUT2D eigenvalue weighted by atomic mass is 16.8. The Morgan fingerprint density at radius 2 is 1.64 bits per heavy atom. The third kappa shape index (κ3) is 2.11. The highest BCUT2D eigenvalue weighted by Gasteiger charge is 2.71. The van der Waals surface area contributed by atoms with E-state index in [0.717, 1.165) is 31.3 Å². The largest absolute Gasteiger partial charge is 0.516 e. The molecule has 2 N–H and O–H groups in total. The van der Waals surface area contributed by atoms with Crippen molar-refractivity contribution >= 4 is 0 Å². The predicted octanol–water partition coefficient (Wildman–Crippen LogP) is 4.33. The molecule has 0 aromatic rings. The summed E-state index contributed by atoms with van der Waals surface area (Å²) < 4.78 is 13.2. The molecule has 4 nitrogen and oxygen atoms in total. The quantitative estimate of drug-likeness (QED) is 0.639. The molecule has 1 spiro atoms. The highest BCUT2D eigenvalue weighted by molar-refractivity contribution is 5.34. The maximum atomic E-state index is 11.5. The normalized spacial score (nSPS) is 52.3. The Balaban J connectivity index is 1.94. The average Bonchev–Trinajstić information content (AvgIpc) is 2.83. The summed E-state index contributed by atoms with van der Waals surface area (Å²) in [5.74, 6) is -0.0929. The van der Waals surface area contributed by atoms with Crippen LogP contribution in [0.1, 0.15) is 73.1 Å². The molecule has 5 rings (SSSR count). The molecule has 5 fully saturated rings. The fourth-order valence-corrected chi connectivity index (χ4v) is 6.91. The topological polar surface area (TPSA) is 58.9 Å². The van der Waals surface area contributed by atoms with E-state index in [1.165, 1.54) is 19.1 Å². The van der Waals surface area contributed by atoms with E-state index >= 15 is 0 Å². The van der Waals surface area contributed by atoms with Gasteiger partial charge in [-0.2, -0.15) is 0 Å². The number of hydrogen-bond acceptors (Lipinski definition) is 4. The summed E-state index contributed by atoms with van der Waals surface area (Å²) in [6.07, 6.45) is 6.97. The Kier molecular flexibility index (Phi) is 3.73. The van der Waals surface area contributed by atoms with Gasteiger partial charge >= 0.3 is 0 Å². The molecular weight excluding hydrogens is 316 g/mol. The van der Waals surface area contributed by atoms with Crippen LogP contribution < -0.4 is 0 Å². The van der Waals surface area contributed by atoms with Crippen LogP contribution in [0.4, 0.5) is 0 Å². The number of fused-ring (bicyclic) bond motifs is 2. The van der Waals surface area contributed by atoms with Crippen molar-refractivity contribution in [3.05, 3.63) is 11.8 Å². The minimum atomic E-state index is -0.631. The van der Waals surface area contributed by atoms with Crippen molar-refractivity contribution in [3.8, 4) is 0 Å². The first-order valence-corrected chi connectivity index (χ1v) is 10.0. The van der Waals surface area contributed by atoms with Crippen LogP contribution in [-0.4, -0.2) is 33.8 Å². The first-order chi connectivity index (χ1) is 11.6. The van der Waals surface area contributed by atoms with Gasteiger partial charge in [0.2, 0.25) is 0 Å². The van der Waals surface area contributed by atoms with Crippen LogP contribution in [0.15, 0.2) is 11.8 Å². The molecule has 0 aromatic carbocycles. The number of rotatable bonds is 0.